The van der Waals surface area contributed by atoms with Crippen molar-refractivity contribution in [3.8, 4) is 5.75 Å². The van der Waals surface area contributed by atoms with Crippen molar-refractivity contribution in [2.45, 2.75) is 24.5 Å². The van der Waals surface area contributed by atoms with E-state index in [1.165, 1.54) is 11.0 Å². The third-order valence-electron chi connectivity index (χ3n) is 8.91. The molecule has 4 atom stereocenters. The number of phenols is 1. The Hall–Kier alpha value is -3.45. The number of amides is 1. The van der Waals surface area contributed by atoms with Gasteiger partial charge >= 0.3 is 0 Å². The summed E-state index contributed by atoms with van der Waals surface area (Å²) in [5.41, 5.74) is 2.07. The SMILES string of the molecule is CN(C)c1ccc(O)c2c1C[C@@]1(CN3CCOCC3)C[C@H]3[C@H](N(C)C)C(=O)C(C(N)=O)=C(O)[C@@]3(O)C(=O)C1=C2O. The molecule has 3 aliphatic carbocycles. The van der Waals surface area contributed by atoms with Crippen LogP contribution in [0.15, 0.2) is 29.0 Å². The van der Waals surface area contributed by atoms with Crippen LogP contribution in [-0.2, 0) is 25.5 Å². The summed E-state index contributed by atoms with van der Waals surface area (Å²) in [6.07, 6.45) is 0.222. The number of hydrogen-bond acceptors (Lipinski definition) is 11. The lowest BCUT2D eigenvalue weighted by Crippen LogP contribution is -2.68. The molecule has 4 aliphatic rings. The fourth-order valence-electron chi connectivity index (χ4n) is 7.22. The smallest absolute Gasteiger partial charge is 0.255 e. The number of phenolic OH excluding ortho intramolecular Hbond substituents is 1. The number of nitrogens with zero attached hydrogens (tertiary/aromatic N) is 3. The number of aliphatic hydroxyl groups excluding tert-OH is 2. The van der Waals surface area contributed by atoms with Crippen LogP contribution in [0.5, 0.6) is 5.75 Å². The van der Waals surface area contributed by atoms with Gasteiger partial charge in [-0.3, -0.25) is 24.2 Å². The van der Waals surface area contributed by atoms with Gasteiger partial charge in [0.25, 0.3) is 5.91 Å². The van der Waals surface area contributed by atoms with E-state index in [2.05, 4.69) is 4.90 Å². The van der Waals surface area contributed by atoms with Gasteiger partial charge in [-0.05, 0) is 44.6 Å². The van der Waals surface area contributed by atoms with Crippen LogP contribution >= 0.6 is 0 Å². The second-order valence-corrected chi connectivity index (χ2v) is 11.7. The number of anilines is 1. The Morgan fingerprint density at radius 3 is 2.35 bits per heavy atom. The Kier molecular flexibility index (Phi) is 6.73. The summed E-state index contributed by atoms with van der Waals surface area (Å²) in [5, 5.41) is 45.8. The summed E-state index contributed by atoms with van der Waals surface area (Å²) in [5.74, 6) is -6.07. The Balaban J connectivity index is 1.81. The van der Waals surface area contributed by atoms with Crippen LogP contribution in [0.3, 0.4) is 0 Å². The number of benzene rings is 1. The summed E-state index contributed by atoms with van der Waals surface area (Å²) in [6.45, 7) is 2.39. The maximum Gasteiger partial charge on any atom is 0.255 e. The zero-order valence-electron chi connectivity index (χ0n) is 23.1. The van der Waals surface area contributed by atoms with Crippen LogP contribution in [0, 0.1) is 11.3 Å². The molecule has 6 N–H and O–H groups in total. The van der Waals surface area contributed by atoms with Gasteiger partial charge in [0.2, 0.25) is 5.78 Å². The zero-order chi connectivity index (χ0) is 29.3. The minimum absolute atomic E-state index is 0.0125. The molecular formula is C28H36N4O8. The number of ether oxygens (including phenoxy) is 1. The van der Waals surface area contributed by atoms with Crippen molar-refractivity contribution in [3.05, 3.63) is 40.2 Å². The summed E-state index contributed by atoms with van der Waals surface area (Å²) in [4.78, 5) is 45.7. The van der Waals surface area contributed by atoms with E-state index in [0.717, 1.165) is 5.69 Å². The molecule has 2 fully saturated rings. The van der Waals surface area contributed by atoms with E-state index in [0.29, 0.717) is 31.9 Å². The molecule has 1 aromatic rings. The van der Waals surface area contributed by atoms with Crippen LogP contribution in [-0.4, -0.2) is 120 Å². The maximum absolute atomic E-state index is 14.5. The lowest BCUT2D eigenvalue weighted by molar-refractivity contribution is -0.158. The van der Waals surface area contributed by atoms with Gasteiger partial charge in [-0.2, -0.15) is 0 Å². The number of hydrogen-bond donors (Lipinski definition) is 5. The largest absolute Gasteiger partial charge is 0.508 e. The average molecular weight is 557 g/mol. The molecule has 0 radical (unpaired) electrons. The number of ketones is 2. The van der Waals surface area contributed by atoms with Gasteiger partial charge in [0.1, 0.15) is 22.8 Å². The molecule has 12 nitrogen and oxygen atoms in total. The van der Waals surface area contributed by atoms with E-state index >= 15 is 0 Å². The molecule has 1 saturated heterocycles. The number of fused-ring (bicyclic) bond motifs is 3. The average Bonchev–Trinajstić information content (AvgIpc) is 2.86. The maximum atomic E-state index is 14.5. The predicted molar refractivity (Wildman–Crippen MR) is 145 cm³/mol. The number of carbonyl (C=O) groups is 3. The Bertz CT molecular complexity index is 1360. The van der Waals surface area contributed by atoms with E-state index in [1.807, 2.05) is 19.0 Å². The lowest BCUT2D eigenvalue weighted by Gasteiger charge is -2.56. The molecule has 0 aromatic heterocycles. The van der Waals surface area contributed by atoms with E-state index in [4.69, 9.17) is 10.5 Å². The molecule has 1 aliphatic heterocycles. The topological polar surface area (TPSA) is 177 Å². The van der Waals surface area contributed by atoms with Gasteiger partial charge in [0.05, 0.1) is 24.8 Å². The monoisotopic (exact) mass is 556 g/mol. The van der Waals surface area contributed by atoms with Crippen LogP contribution in [0.4, 0.5) is 5.69 Å². The van der Waals surface area contributed by atoms with Gasteiger partial charge in [0.15, 0.2) is 11.4 Å². The molecule has 5 rings (SSSR count). The molecule has 0 unspecified atom stereocenters. The predicted octanol–water partition coefficient (Wildman–Crippen LogP) is -0.268. The van der Waals surface area contributed by atoms with Crippen LogP contribution in [0.2, 0.25) is 0 Å². The van der Waals surface area contributed by atoms with Crippen molar-refractivity contribution < 1.29 is 39.5 Å². The standard InChI is InChI=1S/C28H36N4O8/c1-30(2)16-5-6-17(33)18-14(16)11-27(13-32-7-9-40-10-8-32)12-15-21(31(3)4)23(35)19(26(29)38)24(36)28(15,39)25(37)20(27)22(18)34/h5-6,15,21,33-34,36,39H,7-13H2,1-4H3,(H2,29,38)/t15-,21-,27-,28+/m0/s1. The summed E-state index contributed by atoms with van der Waals surface area (Å²) < 4.78 is 5.52. The first kappa shape index (κ1) is 28.1. The molecule has 12 heteroatoms. The summed E-state index contributed by atoms with van der Waals surface area (Å²) >= 11 is 0. The third-order valence-corrected chi connectivity index (χ3v) is 8.91. The number of Topliss-reactive ketones (excluding diaryl/α,β-unsaturated/α-hetero) is 2. The quantitative estimate of drug-likeness (QED) is 0.302. The molecule has 1 saturated carbocycles. The molecule has 1 aromatic carbocycles. The van der Waals surface area contributed by atoms with E-state index in [9.17, 15) is 34.8 Å². The van der Waals surface area contributed by atoms with E-state index in [1.54, 1.807) is 20.2 Å². The van der Waals surface area contributed by atoms with E-state index < -0.39 is 57.5 Å². The fraction of sp³-hybridized carbons (Fsp3) is 0.536. The number of aromatic hydroxyl groups is 1. The Morgan fingerprint density at radius 1 is 1.12 bits per heavy atom. The highest BCUT2D eigenvalue weighted by molar-refractivity contribution is 6.24. The van der Waals surface area contributed by atoms with Gasteiger partial charge in [0, 0.05) is 56.3 Å². The minimum Gasteiger partial charge on any atom is -0.508 e. The van der Waals surface area contributed by atoms with Gasteiger partial charge < -0.3 is 35.8 Å². The Labute approximate surface area is 231 Å². The first-order valence-corrected chi connectivity index (χ1v) is 13.2. The van der Waals surface area contributed by atoms with Crippen LogP contribution < -0.4 is 10.6 Å². The molecule has 1 heterocycles. The lowest BCUT2D eigenvalue weighted by atomic mass is 9.51. The third kappa shape index (κ3) is 3.85. The first-order chi connectivity index (χ1) is 18.8. The van der Waals surface area contributed by atoms with Crippen molar-refractivity contribution in [2.75, 3.05) is 65.9 Å². The molecular weight excluding hydrogens is 520 g/mol. The van der Waals surface area contributed by atoms with Crippen molar-refractivity contribution >= 4 is 28.9 Å². The summed E-state index contributed by atoms with van der Waals surface area (Å²) in [6, 6.07) is 2.00. The van der Waals surface area contributed by atoms with Gasteiger partial charge in [-0.1, -0.05) is 0 Å². The Morgan fingerprint density at radius 2 is 1.77 bits per heavy atom. The fourth-order valence-corrected chi connectivity index (χ4v) is 7.22. The number of aliphatic hydroxyl groups is 3. The molecule has 0 bridgehead atoms. The van der Waals surface area contributed by atoms with E-state index in [-0.39, 0.29) is 36.3 Å². The highest BCUT2D eigenvalue weighted by atomic mass is 16.5. The molecule has 40 heavy (non-hydrogen) atoms. The summed E-state index contributed by atoms with van der Waals surface area (Å²) in [7, 11) is 6.84. The number of morpholine rings is 1. The highest BCUT2D eigenvalue weighted by Crippen LogP contribution is 2.59. The molecule has 0 spiro atoms. The number of rotatable bonds is 5. The molecule has 1 amide bonds. The minimum atomic E-state index is -2.70. The normalized spacial score (nSPS) is 30.8. The van der Waals surface area contributed by atoms with Crippen molar-refractivity contribution in [1.29, 1.82) is 0 Å². The van der Waals surface area contributed by atoms with Crippen molar-refractivity contribution in [1.82, 2.24) is 9.80 Å². The van der Waals surface area contributed by atoms with Gasteiger partial charge in [-0.25, -0.2) is 0 Å². The molecule has 216 valence electrons. The van der Waals surface area contributed by atoms with Crippen molar-refractivity contribution in [2.24, 2.45) is 17.1 Å². The van der Waals surface area contributed by atoms with Crippen LogP contribution in [0.25, 0.3) is 5.76 Å². The number of nitrogens with two attached hydrogens (primary N) is 1. The highest BCUT2D eigenvalue weighted by Gasteiger charge is 2.67. The second kappa shape index (κ2) is 9.58. The second-order valence-electron chi connectivity index (χ2n) is 11.7. The van der Waals surface area contributed by atoms with Gasteiger partial charge in [-0.15, -0.1) is 0 Å². The first-order valence-electron chi connectivity index (χ1n) is 13.2. The van der Waals surface area contributed by atoms with Crippen LogP contribution in [0.1, 0.15) is 17.5 Å². The number of primary amides is 1. The van der Waals surface area contributed by atoms with Crippen molar-refractivity contribution in [3.63, 3.8) is 0 Å². The number of carbonyl (C=O) groups excluding carboxylic acids is 3. The zero-order valence-corrected chi connectivity index (χ0v) is 23.1. The number of likely N-dealkylation sites (N-methyl/N-ethyl adjacent to an activating group) is 1.